The van der Waals surface area contributed by atoms with Crippen molar-refractivity contribution in [3.8, 4) is 17.1 Å². The van der Waals surface area contributed by atoms with Gasteiger partial charge in [-0.2, -0.15) is 0 Å². The van der Waals surface area contributed by atoms with E-state index >= 15 is 0 Å². The number of ether oxygens (including phenoxy) is 2. The van der Waals surface area contributed by atoms with Gasteiger partial charge >= 0.3 is 5.97 Å². The summed E-state index contributed by atoms with van der Waals surface area (Å²) >= 11 is 1.41. The van der Waals surface area contributed by atoms with Gasteiger partial charge in [-0.15, -0.1) is 5.10 Å². The van der Waals surface area contributed by atoms with Crippen LogP contribution in [0.25, 0.3) is 11.4 Å². The Balaban J connectivity index is 1.59. The Morgan fingerprint density at radius 3 is 2.77 bits per heavy atom. The van der Waals surface area contributed by atoms with Crippen molar-refractivity contribution in [1.82, 2.24) is 15.2 Å². The van der Waals surface area contributed by atoms with Gasteiger partial charge in [-0.25, -0.2) is 9.78 Å². The molecule has 3 rings (SSSR count). The molecule has 0 aliphatic carbocycles. The lowest BCUT2D eigenvalue weighted by atomic mass is 10.2. The second-order valence-corrected chi connectivity index (χ2v) is 6.33. The summed E-state index contributed by atoms with van der Waals surface area (Å²) < 4.78 is 15.6. The molecule has 0 radical (unpaired) electrons. The Labute approximate surface area is 155 Å². The number of thioether (sulfide) groups is 1. The van der Waals surface area contributed by atoms with E-state index in [2.05, 4.69) is 26.8 Å². The maximum absolute atomic E-state index is 11.4. The molecule has 0 unspecified atom stereocenters. The fourth-order valence-corrected chi connectivity index (χ4v) is 2.86. The van der Waals surface area contributed by atoms with Crippen LogP contribution < -0.4 is 4.74 Å². The molecule has 0 atom stereocenters. The van der Waals surface area contributed by atoms with Crippen molar-refractivity contribution in [2.45, 2.75) is 24.3 Å². The van der Waals surface area contributed by atoms with Crippen LogP contribution in [0.1, 0.15) is 29.7 Å². The molecule has 1 aromatic carbocycles. The van der Waals surface area contributed by atoms with Crippen LogP contribution >= 0.6 is 11.8 Å². The maximum Gasteiger partial charge on any atom is 0.373 e. The minimum absolute atomic E-state index is 0.184. The van der Waals surface area contributed by atoms with E-state index in [0.29, 0.717) is 29.1 Å². The molecule has 0 fully saturated rings. The molecule has 2 aromatic heterocycles. The minimum atomic E-state index is -0.493. The summed E-state index contributed by atoms with van der Waals surface area (Å²) in [6, 6.07) is 11.0. The summed E-state index contributed by atoms with van der Waals surface area (Å²) in [6.07, 6.45) is 0.973. The van der Waals surface area contributed by atoms with Crippen LogP contribution in [0.3, 0.4) is 0 Å². The molecule has 0 bridgehead atoms. The maximum atomic E-state index is 11.4. The fourth-order valence-electron chi connectivity index (χ4n) is 2.17. The Bertz CT molecular complexity index is 857. The molecule has 2 heterocycles. The summed E-state index contributed by atoms with van der Waals surface area (Å²) in [6.45, 7) is 2.77. The van der Waals surface area contributed by atoms with E-state index in [1.807, 2.05) is 24.3 Å². The van der Waals surface area contributed by atoms with E-state index in [1.165, 1.54) is 18.9 Å². The summed E-state index contributed by atoms with van der Waals surface area (Å²) in [7, 11) is 1.32. The van der Waals surface area contributed by atoms with Gasteiger partial charge in [0.25, 0.3) is 0 Å². The zero-order chi connectivity index (χ0) is 18.4. The SMILES string of the molecule is CCCOc1ccc(-c2nc(SCc3ccc(C(=O)OC)o3)n[nH]2)cc1. The van der Waals surface area contributed by atoms with Crippen molar-refractivity contribution in [3.63, 3.8) is 0 Å². The lowest BCUT2D eigenvalue weighted by molar-refractivity contribution is 0.0563. The van der Waals surface area contributed by atoms with Crippen LogP contribution in [0.2, 0.25) is 0 Å². The third kappa shape index (κ3) is 4.45. The van der Waals surface area contributed by atoms with Crippen molar-refractivity contribution in [2.75, 3.05) is 13.7 Å². The fraction of sp³-hybridized carbons (Fsp3) is 0.278. The second-order valence-electron chi connectivity index (χ2n) is 5.39. The summed E-state index contributed by atoms with van der Waals surface area (Å²) in [5, 5.41) is 7.73. The average Bonchev–Trinajstić information content (AvgIpc) is 3.34. The third-order valence-electron chi connectivity index (χ3n) is 3.46. The van der Waals surface area contributed by atoms with Crippen LogP contribution in [0.4, 0.5) is 0 Å². The molecule has 26 heavy (non-hydrogen) atoms. The Kier molecular flexibility index (Phi) is 5.96. The Morgan fingerprint density at radius 1 is 1.23 bits per heavy atom. The third-order valence-corrected chi connectivity index (χ3v) is 4.33. The predicted octanol–water partition coefficient (Wildman–Crippen LogP) is 3.93. The molecule has 8 heteroatoms. The molecule has 0 aliphatic heterocycles. The number of hydrogen-bond acceptors (Lipinski definition) is 7. The molecule has 3 aromatic rings. The average molecular weight is 373 g/mol. The molecule has 1 N–H and O–H groups in total. The van der Waals surface area contributed by atoms with Crippen LogP contribution in [0, 0.1) is 0 Å². The molecule has 0 spiro atoms. The van der Waals surface area contributed by atoms with Gasteiger partial charge in [-0.3, -0.25) is 5.10 Å². The summed E-state index contributed by atoms with van der Waals surface area (Å²) in [5.74, 6) is 2.38. The number of esters is 1. The number of benzene rings is 1. The van der Waals surface area contributed by atoms with Crippen LogP contribution in [0.15, 0.2) is 46.0 Å². The van der Waals surface area contributed by atoms with E-state index in [9.17, 15) is 4.79 Å². The van der Waals surface area contributed by atoms with Crippen LogP contribution in [-0.4, -0.2) is 34.9 Å². The first kappa shape index (κ1) is 18.1. The highest BCUT2D eigenvalue weighted by atomic mass is 32.2. The van der Waals surface area contributed by atoms with Crippen LogP contribution in [-0.2, 0) is 10.5 Å². The number of carbonyl (C=O) groups is 1. The van der Waals surface area contributed by atoms with Crippen molar-refractivity contribution < 1.29 is 18.7 Å². The molecule has 0 saturated carbocycles. The number of hydrogen-bond donors (Lipinski definition) is 1. The first-order valence-electron chi connectivity index (χ1n) is 8.15. The quantitative estimate of drug-likeness (QED) is 0.472. The van der Waals surface area contributed by atoms with E-state index < -0.39 is 5.97 Å². The highest BCUT2D eigenvalue weighted by Gasteiger charge is 2.12. The molecular weight excluding hydrogens is 354 g/mol. The van der Waals surface area contributed by atoms with Gasteiger partial charge in [-0.05, 0) is 42.8 Å². The van der Waals surface area contributed by atoms with E-state index in [-0.39, 0.29) is 5.76 Å². The highest BCUT2D eigenvalue weighted by molar-refractivity contribution is 7.98. The summed E-state index contributed by atoms with van der Waals surface area (Å²) in [5.41, 5.74) is 0.930. The number of nitrogens with zero attached hydrogens (tertiary/aromatic N) is 2. The van der Waals surface area contributed by atoms with Gasteiger partial charge in [0, 0.05) is 5.56 Å². The molecule has 0 amide bonds. The number of nitrogens with one attached hydrogen (secondary N) is 1. The topological polar surface area (TPSA) is 90.2 Å². The summed E-state index contributed by atoms with van der Waals surface area (Å²) in [4.78, 5) is 15.8. The van der Waals surface area contributed by atoms with Crippen molar-refractivity contribution >= 4 is 17.7 Å². The van der Waals surface area contributed by atoms with Crippen LogP contribution in [0.5, 0.6) is 5.75 Å². The van der Waals surface area contributed by atoms with Gasteiger partial charge in [0.1, 0.15) is 11.5 Å². The normalized spacial score (nSPS) is 10.7. The smallest absolute Gasteiger partial charge is 0.373 e. The Morgan fingerprint density at radius 2 is 2.04 bits per heavy atom. The van der Waals surface area contributed by atoms with Gasteiger partial charge in [0.05, 0.1) is 19.5 Å². The lowest BCUT2D eigenvalue weighted by Gasteiger charge is -2.04. The molecule has 0 aliphatic rings. The highest BCUT2D eigenvalue weighted by Crippen LogP contribution is 2.24. The zero-order valence-electron chi connectivity index (χ0n) is 14.5. The monoisotopic (exact) mass is 373 g/mol. The Hall–Kier alpha value is -2.74. The van der Waals surface area contributed by atoms with Crippen molar-refractivity contribution in [1.29, 1.82) is 0 Å². The largest absolute Gasteiger partial charge is 0.494 e. The van der Waals surface area contributed by atoms with Crippen molar-refractivity contribution in [2.24, 2.45) is 0 Å². The number of rotatable bonds is 8. The van der Waals surface area contributed by atoms with Gasteiger partial charge in [0.15, 0.2) is 5.82 Å². The van der Waals surface area contributed by atoms with Gasteiger partial charge < -0.3 is 13.9 Å². The second kappa shape index (κ2) is 8.57. The predicted molar refractivity (Wildman–Crippen MR) is 97.2 cm³/mol. The van der Waals surface area contributed by atoms with E-state index in [1.54, 1.807) is 12.1 Å². The van der Waals surface area contributed by atoms with Gasteiger partial charge in [0.2, 0.25) is 10.9 Å². The molecule has 0 saturated heterocycles. The molecule has 7 nitrogen and oxygen atoms in total. The standard InChI is InChI=1S/C18H19N3O4S/c1-3-10-24-13-6-4-12(5-7-13)16-19-18(21-20-16)26-11-14-8-9-15(25-14)17(22)23-2/h4-9H,3,10-11H2,1-2H3,(H,19,20,21). The first-order chi connectivity index (χ1) is 12.7. The van der Waals surface area contributed by atoms with E-state index in [0.717, 1.165) is 17.7 Å². The molecule has 136 valence electrons. The van der Waals surface area contributed by atoms with E-state index in [4.69, 9.17) is 9.15 Å². The molecular formula is C18H19N3O4S. The van der Waals surface area contributed by atoms with Crippen molar-refractivity contribution in [3.05, 3.63) is 47.9 Å². The number of aromatic amines is 1. The number of H-pyrrole nitrogens is 1. The zero-order valence-corrected chi connectivity index (χ0v) is 15.3. The first-order valence-corrected chi connectivity index (χ1v) is 9.13. The number of carbonyl (C=O) groups excluding carboxylic acids is 1. The number of methoxy groups -OCH3 is 1. The number of aromatic nitrogens is 3. The number of furan rings is 1. The lowest BCUT2D eigenvalue weighted by Crippen LogP contribution is -1.98. The minimum Gasteiger partial charge on any atom is -0.494 e. The van der Waals surface area contributed by atoms with Gasteiger partial charge in [-0.1, -0.05) is 18.7 Å².